The normalized spacial score (nSPS) is 17.7. The fourth-order valence-corrected chi connectivity index (χ4v) is 2.24. The molecule has 1 atom stereocenters. The number of anilines is 1. The zero-order valence-electron chi connectivity index (χ0n) is 10.7. The highest BCUT2D eigenvalue weighted by atomic mass is 19.4. The van der Waals surface area contributed by atoms with Gasteiger partial charge in [-0.15, -0.1) is 0 Å². The van der Waals surface area contributed by atoms with Crippen LogP contribution in [0.15, 0.2) is 48.5 Å². The van der Waals surface area contributed by atoms with Crippen molar-refractivity contribution >= 4 is 11.6 Å². The minimum Gasteiger partial charge on any atom is -0.361 e. The largest absolute Gasteiger partial charge is 0.416 e. The highest BCUT2D eigenvalue weighted by molar-refractivity contribution is 6.01. The summed E-state index contributed by atoms with van der Waals surface area (Å²) >= 11 is 0. The number of para-hydroxylation sites is 1. The van der Waals surface area contributed by atoms with Gasteiger partial charge in [0.25, 0.3) is 5.91 Å². The molecule has 0 aromatic heterocycles. The molecule has 21 heavy (non-hydrogen) atoms. The molecule has 0 aliphatic carbocycles. The summed E-state index contributed by atoms with van der Waals surface area (Å²) in [6.07, 6.45) is -4.91. The summed E-state index contributed by atoms with van der Waals surface area (Å²) in [4.78, 5) is 12.0. The first kappa shape index (κ1) is 13.5. The van der Waals surface area contributed by atoms with E-state index in [1.807, 2.05) is 0 Å². The summed E-state index contributed by atoms with van der Waals surface area (Å²) in [6, 6.07) is 11.7. The molecule has 6 heteroatoms. The Hall–Kier alpha value is -2.50. The predicted octanol–water partition coefficient (Wildman–Crippen LogP) is 3.56. The predicted molar refractivity (Wildman–Crippen MR) is 71.7 cm³/mol. The number of hydrogen-bond donors (Lipinski definition) is 2. The van der Waals surface area contributed by atoms with Gasteiger partial charge in [-0.1, -0.05) is 24.3 Å². The average Bonchev–Trinajstić information content (AvgIpc) is 2.46. The van der Waals surface area contributed by atoms with E-state index in [4.69, 9.17) is 0 Å². The van der Waals surface area contributed by atoms with E-state index in [1.165, 1.54) is 12.1 Å². The molecule has 0 radical (unpaired) electrons. The lowest BCUT2D eigenvalue weighted by Crippen LogP contribution is -2.38. The molecule has 0 fully saturated rings. The molecule has 2 aromatic rings. The molecular weight excluding hydrogens is 281 g/mol. The maximum Gasteiger partial charge on any atom is 0.416 e. The molecule has 1 aliphatic rings. The van der Waals surface area contributed by atoms with Crippen LogP contribution in [-0.4, -0.2) is 5.91 Å². The van der Waals surface area contributed by atoms with Crippen LogP contribution in [0, 0.1) is 0 Å². The van der Waals surface area contributed by atoms with Crippen molar-refractivity contribution in [3.63, 3.8) is 0 Å². The summed E-state index contributed by atoms with van der Waals surface area (Å²) in [5.41, 5.74) is 1.02. The molecular formula is C15H11F3N2O. The van der Waals surface area contributed by atoms with E-state index in [2.05, 4.69) is 10.6 Å². The van der Waals surface area contributed by atoms with Gasteiger partial charge in [0.1, 0.15) is 6.17 Å². The first-order valence-electron chi connectivity index (χ1n) is 6.29. The number of halogens is 3. The summed E-state index contributed by atoms with van der Waals surface area (Å²) in [7, 11) is 0. The lowest BCUT2D eigenvalue weighted by atomic mass is 10.0. The van der Waals surface area contributed by atoms with E-state index in [1.54, 1.807) is 24.3 Å². The monoisotopic (exact) mass is 292 g/mol. The number of carbonyl (C=O) groups excluding carboxylic acids is 1. The van der Waals surface area contributed by atoms with Crippen LogP contribution in [0.2, 0.25) is 0 Å². The Morgan fingerprint density at radius 1 is 0.905 bits per heavy atom. The maximum absolute atomic E-state index is 12.5. The number of amides is 1. The summed E-state index contributed by atoms with van der Waals surface area (Å²) in [6.45, 7) is 0. The van der Waals surface area contributed by atoms with Crippen LogP contribution in [0.5, 0.6) is 0 Å². The second-order valence-corrected chi connectivity index (χ2v) is 4.72. The van der Waals surface area contributed by atoms with Crippen molar-refractivity contribution in [1.29, 1.82) is 0 Å². The number of hydrogen-bond acceptors (Lipinski definition) is 2. The van der Waals surface area contributed by atoms with Crippen molar-refractivity contribution in [2.24, 2.45) is 0 Å². The van der Waals surface area contributed by atoms with Crippen molar-refractivity contribution in [2.45, 2.75) is 12.3 Å². The molecule has 0 unspecified atom stereocenters. The van der Waals surface area contributed by atoms with Gasteiger partial charge in [0.05, 0.1) is 11.1 Å². The minimum atomic E-state index is -4.37. The van der Waals surface area contributed by atoms with Crippen LogP contribution in [-0.2, 0) is 6.18 Å². The Kier molecular flexibility index (Phi) is 3.08. The van der Waals surface area contributed by atoms with Crippen molar-refractivity contribution < 1.29 is 18.0 Å². The second kappa shape index (κ2) is 4.80. The summed E-state index contributed by atoms with van der Waals surface area (Å²) in [5.74, 6) is -0.255. The lowest BCUT2D eigenvalue weighted by molar-refractivity contribution is -0.137. The molecule has 3 nitrogen and oxygen atoms in total. The number of benzene rings is 2. The van der Waals surface area contributed by atoms with Crippen LogP contribution >= 0.6 is 0 Å². The van der Waals surface area contributed by atoms with Gasteiger partial charge in [-0.25, -0.2) is 0 Å². The fourth-order valence-electron chi connectivity index (χ4n) is 2.24. The van der Waals surface area contributed by atoms with Crippen molar-refractivity contribution in [3.8, 4) is 0 Å². The van der Waals surface area contributed by atoms with Crippen LogP contribution in [0.4, 0.5) is 18.9 Å². The van der Waals surface area contributed by atoms with E-state index in [9.17, 15) is 18.0 Å². The molecule has 0 spiro atoms. The van der Waals surface area contributed by atoms with Gasteiger partial charge in [0.2, 0.25) is 0 Å². The Balaban J connectivity index is 1.88. The maximum atomic E-state index is 12.5. The van der Waals surface area contributed by atoms with E-state index in [0.717, 1.165) is 12.1 Å². The van der Waals surface area contributed by atoms with Gasteiger partial charge < -0.3 is 10.6 Å². The third-order valence-corrected chi connectivity index (χ3v) is 3.32. The molecule has 1 heterocycles. The first-order chi connectivity index (χ1) is 9.95. The SMILES string of the molecule is O=C1N[C@H](c2ccc(C(F)(F)F)cc2)Nc2ccccc21. The van der Waals surface area contributed by atoms with Gasteiger partial charge in [0, 0.05) is 5.69 Å². The zero-order chi connectivity index (χ0) is 15.0. The molecule has 3 rings (SSSR count). The number of nitrogens with one attached hydrogen (secondary N) is 2. The van der Waals surface area contributed by atoms with Crippen molar-refractivity contribution in [3.05, 3.63) is 65.2 Å². The molecule has 2 aromatic carbocycles. The topological polar surface area (TPSA) is 41.1 Å². The average molecular weight is 292 g/mol. The highest BCUT2D eigenvalue weighted by Crippen LogP contribution is 2.31. The van der Waals surface area contributed by atoms with Gasteiger partial charge in [-0.05, 0) is 29.8 Å². The Morgan fingerprint density at radius 3 is 2.24 bits per heavy atom. The second-order valence-electron chi connectivity index (χ2n) is 4.72. The highest BCUT2D eigenvalue weighted by Gasteiger charge is 2.31. The third kappa shape index (κ3) is 2.56. The molecule has 0 bridgehead atoms. The van der Waals surface area contributed by atoms with E-state index >= 15 is 0 Å². The van der Waals surface area contributed by atoms with Crippen molar-refractivity contribution in [1.82, 2.24) is 5.32 Å². The number of fused-ring (bicyclic) bond motifs is 1. The van der Waals surface area contributed by atoms with Crippen LogP contribution in [0.25, 0.3) is 0 Å². The quantitative estimate of drug-likeness (QED) is 0.844. The standard InChI is InChI=1S/C15H11F3N2O/c16-15(17,18)10-7-5-9(6-8-10)13-19-12-4-2-1-3-11(12)14(21)20-13/h1-8,13,19H,(H,20,21)/t13-/m1/s1. The van der Waals surface area contributed by atoms with Gasteiger partial charge in [-0.2, -0.15) is 13.2 Å². The van der Waals surface area contributed by atoms with E-state index in [0.29, 0.717) is 16.8 Å². The van der Waals surface area contributed by atoms with Crippen molar-refractivity contribution in [2.75, 3.05) is 5.32 Å². The molecule has 1 amide bonds. The fraction of sp³-hybridized carbons (Fsp3) is 0.133. The van der Waals surface area contributed by atoms with E-state index in [-0.39, 0.29) is 5.91 Å². The molecule has 0 saturated carbocycles. The minimum absolute atomic E-state index is 0.255. The van der Waals surface area contributed by atoms with Gasteiger partial charge >= 0.3 is 6.18 Å². The van der Waals surface area contributed by atoms with Crippen LogP contribution < -0.4 is 10.6 Å². The molecule has 0 saturated heterocycles. The summed E-state index contributed by atoms with van der Waals surface area (Å²) < 4.78 is 37.6. The lowest BCUT2D eigenvalue weighted by Gasteiger charge is -2.28. The van der Waals surface area contributed by atoms with Gasteiger partial charge in [0.15, 0.2) is 0 Å². The van der Waals surface area contributed by atoms with Gasteiger partial charge in [-0.3, -0.25) is 4.79 Å². The zero-order valence-corrected chi connectivity index (χ0v) is 10.7. The summed E-state index contributed by atoms with van der Waals surface area (Å²) in [5, 5.41) is 5.80. The third-order valence-electron chi connectivity index (χ3n) is 3.32. The molecule has 2 N–H and O–H groups in total. The van der Waals surface area contributed by atoms with Crippen LogP contribution in [0.1, 0.15) is 27.7 Å². The number of alkyl halides is 3. The smallest absolute Gasteiger partial charge is 0.361 e. The Labute approximate surface area is 118 Å². The van der Waals surface area contributed by atoms with Crippen LogP contribution in [0.3, 0.4) is 0 Å². The Bertz CT molecular complexity index is 680. The first-order valence-corrected chi connectivity index (χ1v) is 6.29. The number of rotatable bonds is 1. The molecule has 108 valence electrons. The molecule has 1 aliphatic heterocycles. The number of carbonyl (C=O) groups is 1. The van der Waals surface area contributed by atoms with E-state index < -0.39 is 17.9 Å². The Morgan fingerprint density at radius 2 is 1.57 bits per heavy atom.